The summed E-state index contributed by atoms with van der Waals surface area (Å²) in [5, 5.41) is 10.0. The minimum Gasteiger partial charge on any atom is -0.444 e. The maximum absolute atomic E-state index is 9.31. The van der Waals surface area contributed by atoms with E-state index in [1.54, 1.807) is 6.26 Å². The Morgan fingerprint density at radius 2 is 2.05 bits per heavy atom. The second kappa shape index (κ2) is 6.18. The Bertz CT molecular complexity index is 591. The standard InChI is InChI=1S/C16H19ClN2O2/c1-19(8-11-6-15(20)7-11)9-14-10-21-16(18-14)12-2-4-13(17)5-3-12/h2-5,10-11,15,20H,6-9H2,1H3. The smallest absolute Gasteiger partial charge is 0.226 e. The number of oxazole rings is 1. The second-order valence-electron chi connectivity index (χ2n) is 5.84. The third-order valence-corrected chi connectivity index (χ3v) is 4.11. The highest BCUT2D eigenvalue weighted by molar-refractivity contribution is 6.30. The molecule has 1 N–H and O–H groups in total. The van der Waals surface area contributed by atoms with Crippen molar-refractivity contribution in [3.8, 4) is 11.5 Å². The molecular formula is C16H19ClN2O2. The SMILES string of the molecule is CN(Cc1coc(-c2ccc(Cl)cc2)n1)CC1CC(O)C1. The summed E-state index contributed by atoms with van der Waals surface area (Å²) in [6.07, 6.45) is 3.45. The van der Waals surface area contributed by atoms with E-state index >= 15 is 0 Å². The van der Waals surface area contributed by atoms with Crippen LogP contribution in [0.5, 0.6) is 0 Å². The third-order valence-electron chi connectivity index (χ3n) is 3.86. The summed E-state index contributed by atoms with van der Waals surface area (Å²) in [5.74, 6) is 1.22. The fourth-order valence-corrected chi connectivity index (χ4v) is 2.86. The van der Waals surface area contributed by atoms with Crippen LogP contribution in [0.4, 0.5) is 0 Å². The van der Waals surface area contributed by atoms with Crippen LogP contribution in [0.25, 0.3) is 11.5 Å². The minimum absolute atomic E-state index is 0.0908. The number of halogens is 1. The summed E-state index contributed by atoms with van der Waals surface area (Å²) >= 11 is 5.88. The van der Waals surface area contributed by atoms with Crippen molar-refractivity contribution in [1.82, 2.24) is 9.88 Å². The fraction of sp³-hybridized carbons (Fsp3) is 0.438. The molecule has 0 aliphatic heterocycles. The van der Waals surface area contributed by atoms with Gasteiger partial charge in [0.25, 0.3) is 0 Å². The van der Waals surface area contributed by atoms with Gasteiger partial charge in [-0.3, -0.25) is 0 Å². The number of hydrogen-bond acceptors (Lipinski definition) is 4. The quantitative estimate of drug-likeness (QED) is 0.921. The highest BCUT2D eigenvalue weighted by Crippen LogP contribution is 2.28. The van der Waals surface area contributed by atoms with Gasteiger partial charge in [-0.05, 0) is 50.1 Å². The average molecular weight is 307 g/mol. The van der Waals surface area contributed by atoms with Crippen molar-refractivity contribution in [2.45, 2.75) is 25.5 Å². The molecule has 2 aromatic rings. The topological polar surface area (TPSA) is 49.5 Å². The molecule has 112 valence electrons. The van der Waals surface area contributed by atoms with E-state index < -0.39 is 0 Å². The van der Waals surface area contributed by atoms with Crippen molar-refractivity contribution >= 4 is 11.6 Å². The van der Waals surface area contributed by atoms with Gasteiger partial charge in [0.15, 0.2) is 0 Å². The van der Waals surface area contributed by atoms with Crippen molar-refractivity contribution in [2.24, 2.45) is 5.92 Å². The van der Waals surface area contributed by atoms with Crippen LogP contribution in [0.1, 0.15) is 18.5 Å². The molecule has 1 aromatic carbocycles. The lowest BCUT2D eigenvalue weighted by molar-refractivity contribution is 0.0272. The minimum atomic E-state index is -0.0908. The van der Waals surface area contributed by atoms with Gasteiger partial charge in [-0.1, -0.05) is 11.6 Å². The normalized spacial score (nSPS) is 21.5. The van der Waals surface area contributed by atoms with Gasteiger partial charge in [0, 0.05) is 23.7 Å². The zero-order chi connectivity index (χ0) is 14.8. The van der Waals surface area contributed by atoms with Crippen molar-refractivity contribution in [2.75, 3.05) is 13.6 Å². The van der Waals surface area contributed by atoms with Crippen LogP contribution in [-0.2, 0) is 6.54 Å². The molecule has 0 radical (unpaired) electrons. The molecule has 1 aliphatic carbocycles. The summed E-state index contributed by atoms with van der Waals surface area (Å²) in [6, 6.07) is 7.46. The van der Waals surface area contributed by atoms with Gasteiger partial charge in [-0.25, -0.2) is 4.98 Å². The predicted octanol–water partition coefficient (Wildman–Crippen LogP) is 3.20. The molecule has 5 heteroatoms. The van der Waals surface area contributed by atoms with Gasteiger partial charge in [0.2, 0.25) is 5.89 Å². The summed E-state index contributed by atoms with van der Waals surface area (Å²) in [4.78, 5) is 6.74. The maximum Gasteiger partial charge on any atom is 0.226 e. The third kappa shape index (κ3) is 3.64. The largest absolute Gasteiger partial charge is 0.444 e. The molecule has 4 nitrogen and oxygen atoms in total. The Morgan fingerprint density at radius 1 is 1.33 bits per heavy atom. The van der Waals surface area contributed by atoms with Gasteiger partial charge in [-0.15, -0.1) is 0 Å². The highest BCUT2D eigenvalue weighted by atomic mass is 35.5. The average Bonchev–Trinajstić information content (AvgIpc) is 2.86. The number of rotatable bonds is 5. The lowest BCUT2D eigenvalue weighted by atomic mass is 9.82. The molecular weight excluding hydrogens is 288 g/mol. The molecule has 1 aliphatic rings. The van der Waals surface area contributed by atoms with Crippen molar-refractivity contribution in [1.29, 1.82) is 0 Å². The summed E-state index contributed by atoms with van der Waals surface area (Å²) in [5.41, 5.74) is 1.85. The number of benzene rings is 1. The number of aliphatic hydroxyl groups excluding tert-OH is 1. The van der Waals surface area contributed by atoms with E-state index in [4.69, 9.17) is 16.0 Å². The van der Waals surface area contributed by atoms with Gasteiger partial charge in [0.05, 0.1) is 11.8 Å². The van der Waals surface area contributed by atoms with E-state index in [1.165, 1.54) is 0 Å². The first kappa shape index (κ1) is 14.6. The van der Waals surface area contributed by atoms with Gasteiger partial charge >= 0.3 is 0 Å². The van der Waals surface area contributed by atoms with E-state index in [1.807, 2.05) is 24.3 Å². The maximum atomic E-state index is 9.31. The first-order valence-electron chi connectivity index (χ1n) is 7.17. The lowest BCUT2D eigenvalue weighted by Gasteiger charge is -2.34. The summed E-state index contributed by atoms with van der Waals surface area (Å²) in [7, 11) is 2.07. The number of hydrogen-bond donors (Lipinski definition) is 1. The molecule has 1 aromatic heterocycles. The predicted molar refractivity (Wildman–Crippen MR) is 82.0 cm³/mol. The zero-order valence-corrected chi connectivity index (χ0v) is 12.8. The molecule has 3 rings (SSSR count). The van der Waals surface area contributed by atoms with Crippen LogP contribution in [0.2, 0.25) is 5.02 Å². The highest BCUT2D eigenvalue weighted by Gasteiger charge is 2.28. The molecule has 0 unspecified atom stereocenters. The zero-order valence-electron chi connectivity index (χ0n) is 12.0. The van der Waals surface area contributed by atoms with Gasteiger partial charge < -0.3 is 14.4 Å². The molecule has 0 saturated heterocycles. The van der Waals surface area contributed by atoms with Crippen molar-refractivity contribution in [3.05, 3.63) is 41.2 Å². The number of aliphatic hydroxyl groups is 1. The Balaban J connectivity index is 1.58. The van der Waals surface area contributed by atoms with E-state index in [2.05, 4.69) is 16.9 Å². The van der Waals surface area contributed by atoms with E-state index in [9.17, 15) is 5.11 Å². The monoisotopic (exact) mass is 306 g/mol. The molecule has 0 atom stereocenters. The molecule has 1 heterocycles. The first-order valence-corrected chi connectivity index (χ1v) is 7.55. The van der Waals surface area contributed by atoms with Crippen molar-refractivity contribution in [3.63, 3.8) is 0 Å². The van der Waals surface area contributed by atoms with Gasteiger partial charge in [-0.2, -0.15) is 0 Å². The molecule has 21 heavy (non-hydrogen) atoms. The molecule has 1 fully saturated rings. The van der Waals surface area contributed by atoms with Crippen LogP contribution < -0.4 is 0 Å². The van der Waals surface area contributed by atoms with Crippen LogP contribution >= 0.6 is 11.6 Å². The molecule has 1 saturated carbocycles. The van der Waals surface area contributed by atoms with Crippen LogP contribution in [0, 0.1) is 5.92 Å². The Kier molecular flexibility index (Phi) is 4.29. The van der Waals surface area contributed by atoms with E-state index in [0.717, 1.165) is 37.2 Å². The van der Waals surface area contributed by atoms with Crippen LogP contribution in [0.3, 0.4) is 0 Å². The summed E-state index contributed by atoms with van der Waals surface area (Å²) in [6.45, 7) is 1.74. The molecule has 0 spiro atoms. The van der Waals surface area contributed by atoms with Crippen LogP contribution in [0.15, 0.2) is 34.9 Å². The van der Waals surface area contributed by atoms with Crippen molar-refractivity contribution < 1.29 is 9.52 Å². The Hall–Kier alpha value is -1.36. The van der Waals surface area contributed by atoms with Crippen LogP contribution in [-0.4, -0.2) is 34.7 Å². The molecule has 0 bridgehead atoms. The molecule has 0 amide bonds. The first-order chi connectivity index (χ1) is 10.1. The van der Waals surface area contributed by atoms with E-state index in [-0.39, 0.29) is 6.10 Å². The fourth-order valence-electron chi connectivity index (χ4n) is 2.74. The summed E-state index contributed by atoms with van der Waals surface area (Å²) < 4.78 is 5.53. The Labute approximate surface area is 129 Å². The Morgan fingerprint density at radius 3 is 2.71 bits per heavy atom. The number of aromatic nitrogens is 1. The van der Waals surface area contributed by atoms with Gasteiger partial charge in [0.1, 0.15) is 6.26 Å². The lowest BCUT2D eigenvalue weighted by Crippen LogP contribution is -2.36. The van der Waals surface area contributed by atoms with E-state index in [0.29, 0.717) is 16.8 Å². The second-order valence-corrected chi connectivity index (χ2v) is 6.28. The number of nitrogens with zero attached hydrogens (tertiary/aromatic N) is 2.